The van der Waals surface area contributed by atoms with Crippen LogP contribution in [-0.4, -0.2) is 4.57 Å². The molecule has 0 amide bonds. The molecule has 9 aromatic carbocycles. The molecule has 0 fully saturated rings. The van der Waals surface area contributed by atoms with Crippen LogP contribution in [0.1, 0.15) is 0 Å². The lowest BCUT2D eigenvalue weighted by molar-refractivity contribution is 0.669. The van der Waals surface area contributed by atoms with Crippen LogP contribution in [0.4, 0.5) is 17.1 Å². The molecule has 53 heavy (non-hydrogen) atoms. The van der Waals surface area contributed by atoms with Crippen molar-refractivity contribution in [2.75, 3.05) is 4.90 Å². The summed E-state index contributed by atoms with van der Waals surface area (Å²) in [6.07, 6.45) is 0. The molecule has 0 saturated heterocycles. The number of nitrogens with zero attached hydrogens (tertiary/aromatic N) is 2. The molecule has 11 aromatic rings. The summed E-state index contributed by atoms with van der Waals surface area (Å²) >= 11 is 0. The van der Waals surface area contributed by atoms with Gasteiger partial charge < -0.3 is 13.9 Å². The lowest BCUT2D eigenvalue weighted by atomic mass is 9.96. The predicted octanol–water partition coefficient (Wildman–Crippen LogP) is 14.1. The number of rotatable bonds is 5. The number of anilines is 3. The Labute approximate surface area is 306 Å². The summed E-state index contributed by atoms with van der Waals surface area (Å²) in [5.41, 5.74) is 10.9. The smallest absolute Gasteiger partial charge is 0.137 e. The van der Waals surface area contributed by atoms with Crippen LogP contribution in [0, 0.1) is 0 Å². The maximum atomic E-state index is 6.64. The van der Waals surface area contributed by atoms with Gasteiger partial charge in [-0.2, -0.15) is 0 Å². The van der Waals surface area contributed by atoms with Gasteiger partial charge in [-0.3, -0.25) is 0 Å². The Morgan fingerprint density at radius 3 is 1.83 bits per heavy atom. The Morgan fingerprint density at radius 2 is 1.00 bits per heavy atom. The Kier molecular flexibility index (Phi) is 6.55. The van der Waals surface area contributed by atoms with Crippen molar-refractivity contribution in [2.24, 2.45) is 0 Å². The third-order valence-electron chi connectivity index (χ3n) is 10.7. The zero-order valence-electron chi connectivity index (χ0n) is 28.8. The molecule has 2 heterocycles. The van der Waals surface area contributed by atoms with Gasteiger partial charge in [-0.25, -0.2) is 0 Å². The molecule has 248 valence electrons. The van der Waals surface area contributed by atoms with E-state index in [1.165, 1.54) is 54.5 Å². The van der Waals surface area contributed by atoms with Gasteiger partial charge in [-0.05, 0) is 94.0 Å². The minimum atomic E-state index is 0.866. The number of fused-ring (bicyclic) bond motifs is 8. The predicted molar refractivity (Wildman–Crippen MR) is 223 cm³/mol. The Hall–Kier alpha value is -7.10. The first-order chi connectivity index (χ1) is 26.3. The molecule has 0 radical (unpaired) electrons. The zero-order chi connectivity index (χ0) is 34.9. The molecule has 11 rings (SSSR count). The fraction of sp³-hybridized carbons (Fsp3) is 0. The number of para-hydroxylation sites is 2. The van der Waals surface area contributed by atoms with Crippen LogP contribution >= 0.6 is 0 Å². The van der Waals surface area contributed by atoms with Crippen molar-refractivity contribution in [3.05, 3.63) is 194 Å². The van der Waals surface area contributed by atoms with Gasteiger partial charge >= 0.3 is 0 Å². The SMILES string of the molecule is c1ccc(-c2ccc(N(c3ccc4c(c3)oc3cc5ccccc5cc34)c3ccc4c(c3)c3ccccc3n4-c3ccccc3)c3ccccc23)cc1. The third-order valence-corrected chi connectivity index (χ3v) is 10.7. The van der Waals surface area contributed by atoms with Crippen LogP contribution in [0.25, 0.3) is 82.1 Å². The van der Waals surface area contributed by atoms with E-state index >= 15 is 0 Å². The molecule has 0 N–H and O–H groups in total. The highest BCUT2D eigenvalue weighted by molar-refractivity contribution is 6.14. The highest BCUT2D eigenvalue weighted by Crippen LogP contribution is 2.45. The van der Waals surface area contributed by atoms with Gasteiger partial charge in [0.15, 0.2) is 0 Å². The summed E-state index contributed by atoms with van der Waals surface area (Å²) in [5, 5.41) is 9.43. The standard InChI is InChI=1S/C50H32N2O/c1-3-13-33(14-4-1)39-26-28-47(41-20-10-9-19-40(39)41)51(38-23-25-43-45-29-34-15-7-8-16-35(34)30-49(45)53-50(43)32-38)37-24-27-48-44(31-37)42-21-11-12-22-46(42)52(48)36-17-5-2-6-18-36/h1-32H. The van der Waals surface area contributed by atoms with Crippen molar-refractivity contribution < 1.29 is 4.42 Å². The van der Waals surface area contributed by atoms with Gasteiger partial charge in [0.25, 0.3) is 0 Å². The lowest BCUT2D eigenvalue weighted by Gasteiger charge is -2.27. The minimum absolute atomic E-state index is 0.866. The fourth-order valence-corrected chi connectivity index (χ4v) is 8.32. The topological polar surface area (TPSA) is 21.3 Å². The number of aromatic nitrogens is 1. The van der Waals surface area contributed by atoms with Crippen LogP contribution < -0.4 is 4.90 Å². The molecule has 0 atom stereocenters. The van der Waals surface area contributed by atoms with E-state index in [1.807, 2.05) is 0 Å². The second kappa shape index (κ2) is 11.7. The first-order valence-electron chi connectivity index (χ1n) is 18.1. The first-order valence-corrected chi connectivity index (χ1v) is 18.1. The minimum Gasteiger partial charge on any atom is -0.456 e. The van der Waals surface area contributed by atoms with Gasteiger partial charge in [0.05, 0.1) is 16.7 Å². The number of benzene rings is 9. The number of furan rings is 1. The van der Waals surface area contributed by atoms with E-state index in [2.05, 4.69) is 204 Å². The average Bonchev–Trinajstić information content (AvgIpc) is 3.75. The molecule has 0 unspecified atom stereocenters. The van der Waals surface area contributed by atoms with E-state index in [-0.39, 0.29) is 0 Å². The van der Waals surface area contributed by atoms with E-state index in [4.69, 9.17) is 4.42 Å². The maximum Gasteiger partial charge on any atom is 0.137 e. The van der Waals surface area contributed by atoms with Crippen molar-refractivity contribution in [2.45, 2.75) is 0 Å². The lowest BCUT2D eigenvalue weighted by Crippen LogP contribution is -2.10. The van der Waals surface area contributed by atoms with E-state index < -0.39 is 0 Å². The third kappa shape index (κ3) is 4.68. The van der Waals surface area contributed by atoms with Crippen LogP contribution in [0.2, 0.25) is 0 Å². The largest absolute Gasteiger partial charge is 0.456 e. The summed E-state index contributed by atoms with van der Waals surface area (Å²) in [6, 6.07) is 69.8. The highest BCUT2D eigenvalue weighted by atomic mass is 16.3. The quantitative estimate of drug-likeness (QED) is 0.181. The normalized spacial score (nSPS) is 11.8. The summed E-state index contributed by atoms with van der Waals surface area (Å²) in [5.74, 6) is 0. The van der Waals surface area contributed by atoms with E-state index in [0.717, 1.165) is 44.7 Å². The number of hydrogen-bond acceptors (Lipinski definition) is 2. The summed E-state index contributed by atoms with van der Waals surface area (Å²) in [7, 11) is 0. The van der Waals surface area contributed by atoms with Crippen molar-refractivity contribution in [3.8, 4) is 16.8 Å². The molecule has 0 bridgehead atoms. The maximum absolute atomic E-state index is 6.64. The number of hydrogen-bond donors (Lipinski definition) is 0. The summed E-state index contributed by atoms with van der Waals surface area (Å²) < 4.78 is 9.01. The van der Waals surface area contributed by atoms with Crippen molar-refractivity contribution >= 4 is 82.4 Å². The van der Waals surface area contributed by atoms with Crippen LogP contribution in [0.5, 0.6) is 0 Å². The molecular weight excluding hydrogens is 645 g/mol. The van der Waals surface area contributed by atoms with Gasteiger partial charge in [-0.15, -0.1) is 0 Å². The van der Waals surface area contributed by atoms with Gasteiger partial charge in [0, 0.05) is 50.1 Å². The van der Waals surface area contributed by atoms with Crippen molar-refractivity contribution in [1.29, 1.82) is 0 Å². The van der Waals surface area contributed by atoms with Gasteiger partial charge in [0.1, 0.15) is 11.2 Å². The van der Waals surface area contributed by atoms with Crippen molar-refractivity contribution in [3.63, 3.8) is 0 Å². The zero-order valence-corrected chi connectivity index (χ0v) is 28.8. The molecule has 3 heteroatoms. The second-order valence-corrected chi connectivity index (χ2v) is 13.7. The molecule has 0 aliphatic carbocycles. The van der Waals surface area contributed by atoms with Crippen LogP contribution in [0.3, 0.4) is 0 Å². The molecule has 0 saturated carbocycles. The van der Waals surface area contributed by atoms with E-state index in [0.29, 0.717) is 0 Å². The first kappa shape index (κ1) is 29.6. The fourth-order valence-electron chi connectivity index (χ4n) is 8.32. The second-order valence-electron chi connectivity index (χ2n) is 13.7. The van der Waals surface area contributed by atoms with E-state index in [9.17, 15) is 0 Å². The van der Waals surface area contributed by atoms with Crippen LogP contribution in [-0.2, 0) is 0 Å². The molecular formula is C50H32N2O. The summed E-state index contributed by atoms with van der Waals surface area (Å²) in [6.45, 7) is 0. The molecule has 3 nitrogen and oxygen atoms in total. The molecule has 0 aliphatic rings. The monoisotopic (exact) mass is 676 g/mol. The Balaban J connectivity index is 1.18. The van der Waals surface area contributed by atoms with Gasteiger partial charge in [-0.1, -0.05) is 121 Å². The van der Waals surface area contributed by atoms with Gasteiger partial charge in [0.2, 0.25) is 0 Å². The highest BCUT2D eigenvalue weighted by Gasteiger charge is 2.21. The van der Waals surface area contributed by atoms with E-state index in [1.54, 1.807) is 0 Å². The average molecular weight is 677 g/mol. The van der Waals surface area contributed by atoms with Crippen LogP contribution in [0.15, 0.2) is 199 Å². The van der Waals surface area contributed by atoms with Crippen molar-refractivity contribution in [1.82, 2.24) is 4.57 Å². The molecule has 2 aromatic heterocycles. The summed E-state index contributed by atoms with van der Waals surface area (Å²) in [4.78, 5) is 2.40. The molecule has 0 aliphatic heterocycles. The Morgan fingerprint density at radius 1 is 0.377 bits per heavy atom. The molecule has 0 spiro atoms. The Bertz CT molecular complexity index is 3170.